The third-order valence-corrected chi connectivity index (χ3v) is 5.41. The standard InChI is InChI=1S/C24H21N7O2/c1-15(23-27-21(33-29-23)13-17-7-4-3-5-8-17)26-24(32)22-16(2)31(30-28-22)20-10-6-9-18-14-25-12-11-19(18)20/h3-12,14-15H,13H2,1-2H3,(H,26,32). The Morgan fingerprint density at radius 1 is 1.12 bits per heavy atom. The van der Waals surface area contributed by atoms with E-state index < -0.39 is 6.04 Å². The van der Waals surface area contributed by atoms with Gasteiger partial charge < -0.3 is 9.84 Å². The Labute approximate surface area is 189 Å². The zero-order chi connectivity index (χ0) is 22.8. The number of rotatable bonds is 6. The summed E-state index contributed by atoms with van der Waals surface area (Å²) in [6.07, 6.45) is 4.05. The number of benzene rings is 2. The molecule has 9 nitrogen and oxygen atoms in total. The van der Waals surface area contributed by atoms with Crippen molar-refractivity contribution in [3.05, 3.63) is 95.7 Å². The first kappa shape index (κ1) is 20.5. The van der Waals surface area contributed by atoms with Gasteiger partial charge in [0.25, 0.3) is 5.91 Å². The van der Waals surface area contributed by atoms with Crippen LogP contribution in [0.4, 0.5) is 0 Å². The van der Waals surface area contributed by atoms with Crippen LogP contribution in [0.3, 0.4) is 0 Å². The molecular formula is C24H21N7O2. The van der Waals surface area contributed by atoms with Crippen LogP contribution in [0.1, 0.15) is 46.4 Å². The van der Waals surface area contributed by atoms with Gasteiger partial charge in [0.2, 0.25) is 5.89 Å². The first-order valence-electron chi connectivity index (χ1n) is 10.5. The van der Waals surface area contributed by atoms with Gasteiger partial charge in [-0.15, -0.1) is 5.10 Å². The molecule has 0 aliphatic heterocycles. The summed E-state index contributed by atoms with van der Waals surface area (Å²) >= 11 is 0. The summed E-state index contributed by atoms with van der Waals surface area (Å²) in [5.74, 6) is 0.535. The Morgan fingerprint density at radius 3 is 2.82 bits per heavy atom. The Morgan fingerprint density at radius 2 is 1.97 bits per heavy atom. The minimum atomic E-state index is -0.459. The van der Waals surface area contributed by atoms with Crippen LogP contribution >= 0.6 is 0 Å². The van der Waals surface area contributed by atoms with E-state index in [1.807, 2.05) is 61.5 Å². The lowest BCUT2D eigenvalue weighted by atomic mass is 10.1. The van der Waals surface area contributed by atoms with E-state index in [0.29, 0.717) is 23.8 Å². The van der Waals surface area contributed by atoms with E-state index in [4.69, 9.17) is 4.52 Å². The van der Waals surface area contributed by atoms with E-state index in [1.54, 1.807) is 24.0 Å². The summed E-state index contributed by atoms with van der Waals surface area (Å²) in [5.41, 5.74) is 2.76. The van der Waals surface area contributed by atoms with Crippen molar-refractivity contribution in [1.82, 2.24) is 35.4 Å². The average Bonchev–Trinajstić information content (AvgIpc) is 3.46. The second kappa shape index (κ2) is 8.62. The Kier molecular flexibility index (Phi) is 5.35. The summed E-state index contributed by atoms with van der Waals surface area (Å²) in [6, 6.07) is 17.1. The highest BCUT2D eigenvalue weighted by Crippen LogP contribution is 2.23. The van der Waals surface area contributed by atoms with Crippen LogP contribution in [-0.4, -0.2) is 36.0 Å². The van der Waals surface area contributed by atoms with E-state index in [-0.39, 0.29) is 11.6 Å². The van der Waals surface area contributed by atoms with Gasteiger partial charge in [0.1, 0.15) is 0 Å². The van der Waals surface area contributed by atoms with Crippen LogP contribution in [0, 0.1) is 6.92 Å². The van der Waals surface area contributed by atoms with Crippen molar-refractivity contribution in [2.45, 2.75) is 26.3 Å². The Bertz CT molecular complexity index is 1420. The molecule has 9 heteroatoms. The number of hydrogen-bond acceptors (Lipinski definition) is 7. The largest absolute Gasteiger partial charge is 0.341 e. The van der Waals surface area contributed by atoms with Crippen LogP contribution in [-0.2, 0) is 6.42 Å². The molecule has 5 aromatic rings. The molecule has 0 radical (unpaired) electrons. The van der Waals surface area contributed by atoms with Crippen molar-refractivity contribution in [2.24, 2.45) is 0 Å². The number of pyridine rings is 1. The molecule has 2 aromatic carbocycles. The summed E-state index contributed by atoms with van der Waals surface area (Å²) < 4.78 is 7.01. The maximum Gasteiger partial charge on any atom is 0.274 e. The van der Waals surface area contributed by atoms with Crippen LogP contribution in [0.2, 0.25) is 0 Å². The van der Waals surface area contributed by atoms with Crippen molar-refractivity contribution >= 4 is 16.7 Å². The zero-order valence-corrected chi connectivity index (χ0v) is 18.1. The lowest BCUT2D eigenvalue weighted by Crippen LogP contribution is -2.28. The van der Waals surface area contributed by atoms with Crippen LogP contribution in [0.5, 0.6) is 0 Å². The van der Waals surface area contributed by atoms with Crippen molar-refractivity contribution in [3.63, 3.8) is 0 Å². The van der Waals surface area contributed by atoms with Gasteiger partial charge in [-0.25, -0.2) is 4.68 Å². The maximum atomic E-state index is 12.9. The zero-order valence-electron chi connectivity index (χ0n) is 18.1. The third kappa shape index (κ3) is 4.08. The fourth-order valence-electron chi connectivity index (χ4n) is 3.67. The van der Waals surface area contributed by atoms with Gasteiger partial charge >= 0.3 is 0 Å². The molecular weight excluding hydrogens is 418 g/mol. The number of hydrogen-bond donors (Lipinski definition) is 1. The van der Waals surface area contributed by atoms with Gasteiger partial charge in [-0.2, -0.15) is 4.98 Å². The minimum absolute atomic E-state index is 0.237. The molecule has 0 fully saturated rings. The van der Waals surface area contributed by atoms with Crippen molar-refractivity contribution in [1.29, 1.82) is 0 Å². The quantitative estimate of drug-likeness (QED) is 0.430. The van der Waals surface area contributed by atoms with Crippen LogP contribution < -0.4 is 5.32 Å². The van der Waals surface area contributed by atoms with E-state index in [0.717, 1.165) is 22.0 Å². The van der Waals surface area contributed by atoms with Gasteiger partial charge in [-0.3, -0.25) is 9.78 Å². The predicted octanol–water partition coefficient (Wildman–Crippen LogP) is 3.59. The number of carbonyl (C=O) groups excluding carboxylic acids is 1. The number of fused-ring (bicyclic) bond motifs is 1. The van der Waals surface area contributed by atoms with E-state index in [1.165, 1.54) is 0 Å². The topological polar surface area (TPSA) is 112 Å². The molecule has 3 aromatic heterocycles. The van der Waals surface area contributed by atoms with Gasteiger partial charge in [0, 0.05) is 23.2 Å². The van der Waals surface area contributed by atoms with Crippen LogP contribution in [0.15, 0.2) is 71.5 Å². The molecule has 1 unspecified atom stereocenters. The molecule has 0 saturated carbocycles. The van der Waals surface area contributed by atoms with Crippen molar-refractivity contribution in [3.8, 4) is 5.69 Å². The summed E-state index contributed by atoms with van der Waals surface area (Å²) in [5, 5.41) is 17.2. The molecule has 1 amide bonds. The number of aromatic nitrogens is 6. The lowest BCUT2D eigenvalue weighted by molar-refractivity contribution is 0.0932. The highest BCUT2D eigenvalue weighted by Gasteiger charge is 2.22. The van der Waals surface area contributed by atoms with Crippen molar-refractivity contribution < 1.29 is 9.32 Å². The van der Waals surface area contributed by atoms with E-state index in [9.17, 15) is 4.79 Å². The first-order chi connectivity index (χ1) is 16.1. The van der Waals surface area contributed by atoms with Gasteiger partial charge in [-0.1, -0.05) is 52.8 Å². The SMILES string of the molecule is Cc1c(C(=O)NC(C)c2noc(Cc3ccccc3)n2)nnn1-c1cccc2cnccc12. The highest BCUT2D eigenvalue weighted by atomic mass is 16.5. The first-order valence-corrected chi connectivity index (χ1v) is 10.5. The Balaban J connectivity index is 1.33. The highest BCUT2D eigenvalue weighted by molar-refractivity contribution is 5.94. The molecule has 0 aliphatic rings. The molecule has 0 saturated heterocycles. The summed E-state index contributed by atoms with van der Waals surface area (Å²) in [4.78, 5) is 21.5. The molecule has 0 aliphatic carbocycles. The Hall–Kier alpha value is -4.40. The number of carbonyl (C=O) groups is 1. The van der Waals surface area contributed by atoms with E-state index in [2.05, 4.69) is 30.8 Å². The van der Waals surface area contributed by atoms with Gasteiger partial charge in [-0.05, 0) is 31.5 Å². The average molecular weight is 439 g/mol. The second-order valence-corrected chi connectivity index (χ2v) is 7.71. The van der Waals surface area contributed by atoms with Crippen molar-refractivity contribution in [2.75, 3.05) is 0 Å². The summed E-state index contributed by atoms with van der Waals surface area (Å²) in [7, 11) is 0. The molecule has 3 heterocycles. The van der Waals surface area contributed by atoms with Gasteiger partial charge in [0.05, 0.1) is 23.8 Å². The molecule has 1 atom stereocenters. The van der Waals surface area contributed by atoms with Gasteiger partial charge in [0.15, 0.2) is 11.5 Å². The minimum Gasteiger partial charge on any atom is -0.341 e. The van der Waals surface area contributed by atoms with E-state index >= 15 is 0 Å². The molecule has 5 rings (SSSR count). The number of nitrogens with one attached hydrogen (secondary N) is 1. The molecule has 0 spiro atoms. The fourth-order valence-corrected chi connectivity index (χ4v) is 3.67. The number of amides is 1. The molecule has 33 heavy (non-hydrogen) atoms. The second-order valence-electron chi connectivity index (χ2n) is 7.71. The smallest absolute Gasteiger partial charge is 0.274 e. The maximum absolute atomic E-state index is 12.9. The molecule has 1 N–H and O–H groups in total. The number of nitrogens with zero attached hydrogens (tertiary/aromatic N) is 6. The predicted molar refractivity (Wildman–Crippen MR) is 121 cm³/mol. The summed E-state index contributed by atoms with van der Waals surface area (Å²) in [6.45, 7) is 3.61. The third-order valence-electron chi connectivity index (χ3n) is 5.41. The van der Waals surface area contributed by atoms with Crippen LogP contribution in [0.25, 0.3) is 16.5 Å². The molecule has 164 valence electrons. The fraction of sp³-hybridized carbons (Fsp3) is 0.167. The molecule has 0 bridgehead atoms. The normalized spacial score (nSPS) is 12.1. The monoisotopic (exact) mass is 439 g/mol. The lowest BCUT2D eigenvalue weighted by Gasteiger charge is -2.10.